The van der Waals surface area contributed by atoms with Crippen LogP contribution in [0.3, 0.4) is 0 Å². The minimum absolute atomic E-state index is 0.554. The van der Waals surface area contributed by atoms with E-state index in [4.69, 9.17) is 0 Å². The zero-order valence-corrected chi connectivity index (χ0v) is 8.80. The Morgan fingerprint density at radius 1 is 1.57 bits per heavy atom. The molecular formula is C10H14N2OS. The predicted molar refractivity (Wildman–Crippen MR) is 56.5 cm³/mol. The first-order valence-corrected chi connectivity index (χ1v) is 6.18. The van der Waals surface area contributed by atoms with Gasteiger partial charge in [0, 0.05) is 11.9 Å². The maximum absolute atomic E-state index is 11.8. The molecule has 2 atom stereocenters. The third-order valence-corrected chi connectivity index (χ3v) is 3.90. The van der Waals surface area contributed by atoms with Gasteiger partial charge in [-0.2, -0.15) is 0 Å². The largest absolute Gasteiger partial charge is 0.316 e. The molecule has 0 amide bonds. The second kappa shape index (κ2) is 4.66. The topological polar surface area (TPSA) is 42.0 Å². The zero-order valence-electron chi connectivity index (χ0n) is 7.98. The van der Waals surface area contributed by atoms with Crippen molar-refractivity contribution in [3.05, 3.63) is 24.4 Å². The van der Waals surface area contributed by atoms with Crippen molar-refractivity contribution in [1.29, 1.82) is 0 Å². The Bertz CT molecular complexity index is 309. The van der Waals surface area contributed by atoms with Crippen LogP contribution in [-0.4, -0.2) is 28.0 Å². The van der Waals surface area contributed by atoms with E-state index in [0.717, 1.165) is 25.3 Å². The van der Waals surface area contributed by atoms with E-state index in [2.05, 4.69) is 10.3 Å². The van der Waals surface area contributed by atoms with Gasteiger partial charge in [0.1, 0.15) is 5.03 Å². The molecule has 1 aromatic rings. The summed E-state index contributed by atoms with van der Waals surface area (Å²) in [4.78, 5) is 4.10. The smallest absolute Gasteiger partial charge is 0.127 e. The summed E-state index contributed by atoms with van der Waals surface area (Å²) in [6.07, 6.45) is 2.83. The molecule has 1 N–H and O–H groups in total. The van der Waals surface area contributed by atoms with Crippen LogP contribution >= 0.6 is 0 Å². The highest BCUT2D eigenvalue weighted by atomic mass is 32.2. The summed E-state index contributed by atoms with van der Waals surface area (Å²) in [6.45, 7) is 2.06. The van der Waals surface area contributed by atoms with Crippen LogP contribution in [0.25, 0.3) is 0 Å². The molecule has 0 bridgehead atoms. The van der Waals surface area contributed by atoms with Crippen LogP contribution in [0.2, 0.25) is 0 Å². The van der Waals surface area contributed by atoms with Crippen LogP contribution in [0.15, 0.2) is 29.4 Å². The van der Waals surface area contributed by atoms with E-state index in [1.807, 2.05) is 18.2 Å². The van der Waals surface area contributed by atoms with Gasteiger partial charge >= 0.3 is 0 Å². The molecule has 2 rings (SSSR count). The Labute approximate surface area is 86.4 Å². The third kappa shape index (κ3) is 2.39. The van der Waals surface area contributed by atoms with Crippen molar-refractivity contribution in [2.24, 2.45) is 5.92 Å². The van der Waals surface area contributed by atoms with Crippen LogP contribution < -0.4 is 5.32 Å². The van der Waals surface area contributed by atoms with E-state index in [1.165, 1.54) is 0 Å². The standard InChI is InChI=1S/C10H14N2OS/c13-14(8-9-4-6-11-7-9)10-3-1-2-5-12-10/h1-3,5,9,11H,4,6-8H2. The number of pyridine rings is 1. The summed E-state index contributed by atoms with van der Waals surface area (Å²) in [5.74, 6) is 1.29. The molecule has 2 heterocycles. The lowest BCUT2D eigenvalue weighted by molar-refractivity contribution is 0.631. The Balaban J connectivity index is 1.95. The van der Waals surface area contributed by atoms with Crippen molar-refractivity contribution in [1.82, 2.24) is 10.3 Å². The SMILES string of the molecule is O=S(CC1CCNC1)c1ccccn1. The number of hydrogen-bond acceptors (Lipinski definition) is 3. The van der Waals surface area contributed by atoms with Crippen molar-refractivity contribution in [3.8, 4) is 0 Å². The summed E-state index contributed by atoms with van der Waals surface area (Å²) in [5.41, 5.74) is 0. The molecule has 0 aliphatic carbocycles. The molecule has 14 heavy (non-hydrogen) atoms. The molecule has 1 saturated heterocycles. The van der Waals surface area contributed by atoms with Gasteiger partial charge in [-0.1, -0.05) is 6.07 Å². The average Bonchev–Trinajstić information content (AvgIpc) is 2.72. The number of nitrogens with zero attached hydrogens (tertiary/aromatic N) is 1. The molecule has 1 aromatic heterocycles. The Morgan fingerprint density at radius 2 is 2.50 bits per heavy atom. The summed E-state index contributed by atoms with van der Waals surface area (Å²) < 4.78 is 11.8. The average molecular weight is 210 g/mol. The third-order valence-electron chi connectivity index (χ3n) is 2.42. The van der Waals surface area contributed by atoms with Crippen LogP contribution in [0.5, 0.6) is 0 Å². The zero-order chi connectivity index (χ0) is 9.80. The molecule has 76 valence electrons. The molecule has 2 unspecified atom stereocenters. The Morgan fingerprint density at radius 3 is 3.14 bits per heavy atom. The number of aromatic nitrogens is 1. The van der Waals surface area contributed by atoms with E-state index in [0.29, 0.717) is 10.9 Å². The Kier molecular flexibility index (Phi) is 3.26. The fourth-order valence-electron chi connectivity index (χ4n) is 1.64. The summed E-state index contributed by atoms with van der Waals surface area (Å²) in [7, 11) is -0.924. The maximum atomic E-state index is 11.8. The predicted octanol–water partition coefficient (Wildman–Crippen LogP) is 0.799. The summed E-state index contributed by atoms with van der Waals surface area (Å²) in [5, 5.41) is 3.98. The lowest BCUT2D eigenvalue weighted by Crippen LogP contribution is -2.15. The van der Waals surface area contributed by atoms with Crippen molar-refractivity contribution < 1.29 is 4.21 Å². The highest BCUT2D eigenvalue weighted by molar-refractivity contribution is 7.84. The van der Waals surface area contributed by atoms with Gasteiger partial charge in [-0.15, -0.1) is 0 Å². The van der Waals surface area contributed by atoms with Crippen LogP contribution in [0.1, 0.15) is 6.42 Å². The van der Waals surface area contributed by atoms with E-state index >= 15 is 0 Å². The number of rotatable bonds is 3. The van der Waals surface area contributed by atoms with Gasteiger partial charge in [0.25, 0.3) is 0 Å². The van der Waals surface area contributed by atoms with Gasteiger partial charge in [0.15, 0.2) is 0 Å². The quantitative estimate of drug-likeness (QED) is 0.802. The van der Waals surface area contributed by atoms with Gasteiger partial charge in [0.2, 0.25) is 0 Å². The summed E-state index contributed by atoms with van der Waals surface area (Å²) in [6, 6.07) is 5.56. The molecule has 0 radical (unpaired) electrons. The first-order chi connectivity index (χ1) is 6.86. The van der Waals surface area contributed by atoms with Crippen molar-refractivity contribution >= 4 is 10.8 Å². The van der Waals surface area contributed by atoms with E-state index < -0.39 is 10.8 Å². The van der Waals surface area contributed by atoms with Crippen LogP contribution in [0, 0.1) is 5.92 Å². The summed E-state index contributed by atoms with van der Waals surface area (Å²) >= 11 is 0. The van der Waals surface area contributed by atoms with Crippen molar-refractivity contribution in [2.45, 2.75) is 11.4 Å². The van der Waals surface area contributed by atoms with Gasteiger partial charge in [-0.05, 0) is 37.6 Å². The highest BCUT2D eigenvalue weighted by Crippen LogP contribution is 2.12. The van der Waals surface area contributed by atoms with Crippen LogP contribution in [0.4, 0.5) is 0 Å². The van der Waals surface area contributed by atoms with Gasteiger partial charge in [-0.25, -0.2) is 4.98 Å². The lowest BCUT2D eigenvalue weighted by atomic mass is 10.2. The van der Waals surface area contributed by atoms with Crippen molar-refractivity contribution in [2.75, 3.05) is 18.8 Å². The van der Waals surface area contributed by atoms with E-state index in [1.54, 1.807) is 6.20 Å². The van der Waals surface area contributed by atoms with Gasteiger partial charge in [0.05, 0.1) is 10.8 Å². The van der Waals surface area contributed by atoms with Gasteiger partial charge in [-0.3, -0.25) is 4.21 Å². The second-order valence-electron chi connectivity index (χ2n) is 3.54. The fourth-order valence-corrected chi connectivity index (χ4v) is 2.93. The molecule has 0 spiro atoms. The van der Waals surface area contributed by atoms with E-state index in [-0.39, 0.29) is 0 Å². The highest BCUT2D eigenvalue weighted by Gasteiger charge is 2.18. The monoisotopic (exact) mass is 210 g/mol. The molecular weight excluding hydrogens is 196 g/mol. The molecule has 3 nitrogen and oxygen atoms in total. The van der Waals surface area contributed by atoms with Gasteiger partial charge < -0.3 is 5.32 Å². The molecule has 0 saturated carbocycles. The second-order valence-corrected chi connectivity index (χ2v) is 4.98. The first kappa shape index (κ1) is 9.80. The molecule has 0 aromatic carbocycles. The molecule has 4 heteroatoms. The van der Waals surface area contributed by atoms with E-state index in [9.17, 15) is 4.21 Å². The molecule has 1 aliphatic rings. The number of nitrogens with one attached hydrogen (secondary N) is 1. The molecule has 1 aliphatic heterocycles. The Hall–Kier alpha value is -0.740. The fraction of sp³-hybridized carbons (Fsp3) is 0.500. The minimum Gasteiger partial charge on any atom is -0.316 e. The number of hydrogen-bond donors (Lipinski definition) is 1. The first-order valence-electron chi connectivity index (χ1n) is 4.86. The van der Waals surface area contributed by atoms with Crippen molar-refractivity contribution in [3.63, 3.8) is 0 Å². The van der Waals surface area contributed by atoms with Crippen LogP contribution in [-0.2, 0) is 10.8 Å². The maximum Gasteiger partial charge on any atom is 0.127 e. The molecule has 1 fully saturated rings. The normalized spacial score (nSPS) is 23.6. The minimum atomic E-state index is -0.924. The lowest BCUT2D eigenvalue weighted by Gasteiger charge is -2.06.